The summed E-state index contributed by atoms with van der Waals surface area (Å²) in [7, 11) is 0. The minimum Gasteiger partial charge on any atom is -0.455 e. The van der Waals surface area contributed by atoms with E-state index in [-0.39, 0.29) is 6.42 Å². The molecule has 0 radical (unpaired) electrons. The molecule has 27 heavy (non-hydrogen) atoms. The van der Waals surface area contributed by atoms with Gasteiger partial charge in [0.05, 0.1) is 12.5 Å². The normalized spacial score (nSPS) is 11.3. The fourth-order valence-corrected chi connectivity index (χ4v) is 2.57. The average molecular weight is 410 g/mol. The van der Waals surface area contributed by atoms with Crippen molar-refractivity contribution < 1.29 is 19.1 Å². The van der Waals surface area contributed by atoms with Crippen LogP contribution in [0.1, 0.15) is 18.0 Å². The molecule has 0 fully saturated rings. The molecule has 0 aliphatic carbocycles. The van der Waals surface area contributed by atoms with Gasteiger partial charge in [0, 0.05) is 15.7 Å². The first-order chi connectivity index (χ1) is 12.8. The van der Waals surface area contributed by atoms with E-state index >= 15 is 0 Å². The van der Waals surface area contributed by atoms with Crippen molar-refractivity contribution in [2.45, 2.75) is 12.5 Å². The first-order valence-electron chi connectivity index (χ1n) is 7.86. The molecule has 0 saturated heterocycles. The Morgan fingerprint density at radius 3 is 2.37 bits per heavy atom. The molecule has 0 aromatic heterocycles. The van der Waals surface area contributed by atoms with Crippen molar-refractivity contribution >= 4 is 46.8 Å². The molecule has 4 N–H and O–H groups in total. The summed E-state index contributed by atoms with van der Waals surface area (Å²) in [6.07, 6.45) is -0.199. The number of benzene rings is 2. The predicted octanol–water partition coefficient (Wildman–Crippen LogP) is 3.27. The molecule has 0 saturated carbocycles. The lowest BCUT2D eigenvalue weighted by Crippen LogP contribution is -2.35. The number of nitrogens with one attached hydrogen (secondary N) is 2. The largest absolute Gasteiger partial charge is 0.455 e. The predicted molar refractivity (Wildman–Crippen MR) is 103 cm³/mol. The van der Waals surface area contributed by atoms with Crippen molar-refractivity contribution in [3.8, 4) is 0 Å². The Hall–Kier alpha value is -2.77. The maximum absolute atomic E-state index is 12.0. The summed E-state index contributed by atoms with van der Waals surface area (Å²) in [5.41, 5.74) is 6.26. The van der Waals surface area contributed by atoms with Gasteiger partial charge in [-0.25, -0.2) is 4.79 Å². The van der Waals surface area contributed by atoms with Crippen molar-refractivity contribution in [1.82, 2.24) is 5.32 Å². The lowest BCUT2D eigenvalue weighted by molar-refractivity contribution is -0.147. The van der Waals surface area contributed by atoms with Crippen LogP contribution in [0.4, 0.5) is 10.5 Å². The molecule has 142 valence electrons. The molecule has 0 unspecified atom stereocenters. The molecule has 0 bridgehead atoms. The molecule has 7 nitrogen and oxygen atoms in total. The molecule has 2 rings (SSSR count). The summed E-state index contributed by atoms with van der Waals surface area (Å²) >= 11 is 11.7. The fourth-order valence-electron chi connectivity index (χ4n) is 2.25. The van der Waals surface area contributed by atoms with E-state index in [1.54, 1.807) is 48.5 Å². The van der Waals surface area contributed by atoms with E-state index in [0.717, 1.165) is 0 Å². The van der Waals surface area contributed by atoms with Crippen LogP contribution in [0.2, 0.25) is 10.0 Å². The molecule has 3 amide bonds. The molecule has 0 heterocycles. The number of amides is 3. The quantitative estimate of drug-likeness (QED) is 0.609. The van der Waals surface area contributed by atoms with Crippen molar-refractivity contribution in [3.05, 3.63) is 64.1 Å². The highest BCUT2D eigenvalue weighted by Gasteiger charge is 2.19. The molecule has 0 aliphatic rings. The lowest BCUT2D eigenvalue weighted by Gasteiger charge is -2.17. The van der Waals surface area contributed by atoms with Gasteiger partial charge in [-0.1, -0.05) is 41.4 Å². The van der Waals surface area contributed by atoms with Gasteiger partial charge in [0.1, 0.15) is 0 Å². The van der Waals surface area contributed by atoms with Crippen molar-refractivity contribution in [2.24, 2.45) is 5.73 Å². The van der Waals surface area contributed by atoms with E-state index in [9.17, 15) is 14.4 Å². The zero-order chi connectivity index (χ0) is 19.8. The van der Waals surface area contributed by atoms with E-state index < -0.39 is 30.6 Å². The third-order valence-electron chi connectivity index (χ3n) is 3.43. The number of anilines is 1. The SMILES string of the molecule is NC(=O)N[C@H](CC(=O)OCC(=O)Nc1cccc(Cl)c1)c1ccc(Cl)cc1. The smallest absolute Gasteiger partial charge is 0.312 e. The Bertz CT molecular complexity index is 828. The third kappa shape index (κ3) is 7.16. The van der Waals surface area contributed by atoms with Crippen molar-refractivity contribution in [2.75, 3.05) is 11.9 Å². The number of hydrogen-bond donors (Lipinski definition) is 3. The van der Waals surface area contributed by atoms with Gasteiger partial charge in [-0.2, -0.15) is 0 Å². The zero-order valence-electron chi connectivity index (χ0n) is 14.1. The van der Waals surface area contributed by atoms with E-state index in [1.807, 2.05) is 0 Å². The molecule has 1 atom stereocenters. The first kappa shape index (κ1) is 20.5. The Kier molecular flexibility index (Phi) is 7.45. The van der Waals surface area contributed by atoms with Gasteiger partial charge in [-0.05, 0) is 35.9 Å². The molecule has 0 spiro atoms. The number of primary amides is 1. The number of ether oxygens (including phenoxy) is 1. The van der Waals surface area contributed by atoms with Gasteiger partial charge in [0.15, 0.2) is 6.61 Å². The summed E-state index contributed by atoms with van der Waals surface area (Å²) in [5.74, 6) is -1.19. The molecule has 2 aromatic carbocycles. The van der Waals surface area contributed by atoms with E-state index in [4.69, 9.17) is 33.7 Å². The van der Waals surface area contributed by atoms with Gasteiger partial charge in [0.25, 0.3) is 5.91 Å². The number of esters is 1. The zero-order valence-corrected chi connectivity index (χ0v) is 15.6. The number of hydrogen-bond acceptors (Lipinski definition) is 4. The molecular weight excluding hydrogens is 393 g/mol. The number of urea groups is 1. The summed E-state index contributed by atoms with van der Waals surface area (Å²) < 4.78 is 4.96. The highest BCUT2D eigenvalue weighted by Crippen LogP contribution is 2.20. The second-order valence-corrected chi connectivity index (χ2v) is 6.41. The number of rotatable bonds is 7. The molecular formula is C18H17Cl2N3O4. The summed E-state index contributed by atoms with van der Waals surface area (Å²) in [6.45, 7) is -0.477. The van der Waals surface area contributed by atoms with E-state index in [1.165, 1.54) is 0 Å². The Morgan fingerprint density at radius 1 is 1.04 bits per heavy atom. The standard InChI is InChI=1S/C18H17Cl2N3O4/c19-12-6-4-11(5-7-12)15(23-18(21)26)9-17(25)27-10-16(24)22-14-3-1-2-13(20)8-14/h1-8,15H,9-10H2,(H,22,24)(H3,21,23,26)/t15-/m1/s1. The maximum Gasteiger partial charge on any atom is 0.312 e. The molecule has 0 aliphatic heterocycles. The lowest BCUT2D eigenvalue weighted by atomic mass is 10.0. The Labute approximate surface area is 165 Å². The second-order valence-electron chi connectivity index (χ2n) is 5.54. The number of nitrogens with two attached hydrogens (primary N) is 1. The third-order valence-corrected chi connectivity index (χ3v) is 3.92. The minimum atomic E-state index is -0.790. The van der Waals surface area contributed by atoms with Crippen LogP contribution < -0.4 is 16.4 Å². The number of halogens is 2. The fraction of sp³-hybridized carbons (Fsp3) is 0.167. The highest BCUT2D eigenvalue weighted by atomic mass is 35.5. The Morgan fingerprint density at radius 2 is 1.74 bits per heavy atom. The van der Waals surface area contributed by atoms with E-state index in [2.05, 4.69) is 10.6 Å². The second kappa shape index (κ2) is 9.80. The van der Waals surface area contributed by atoms with E-state index in [0.29, 0.717) is 21.3 Å². The monoisotopic (exact) mass is 409 g/mol. The maximum atomic E-state index is 12.0. The van der Waals surface area contributed by atoms with Crippen molar-refractivity contribution in [1.29, 1.82) is 0 Å². The average Bonchev–Trinajstić information content (AvgIpc) is 2.60. The highest BCUT2D eigenvalue weighted by molar-refractivity contribution is 6.31. The van der Waals surface area contributed by atoms with Gasteiger partial charge in [-0.15, -0.1) is 0 Å². The minimum absolute atomic E-state index is 0.199. The summed E-state index contributed by atoms with van der Waals surface area (Å²) in [6, 6.07) is 11.6. The van der Waals surface area contributed by atoms with Crippen LogP contribution in [0.15, 0.2) is 48.5 Å². The Balaban J connectivity index is 1.90. The topological polar surface area (TPSA) is 111 Å². The van der Waals surface area contributed by atoms with Gasteiger partial charge in [-0.3, -0.25) is 9.59 Å². The van der Waals surface area contributed by atoms with Crippen LogP contribution in [0, 0.1) is 0 Å². The van der Waals surface area contributed by atoms with Crippen molar-refractivity contribution in [3.63, 3.8) is 0 Å². The number of carbonyl (C=O) groups excluding carboxylic acids is 3. The van der Waals surface area contributed by atoms with Crippen LogP contribution in [-0.4, -0.2) is 24.5 Å². The van der Waals surface area contributed by atoms with Crippen LogP contribution in [-0.2, 0) is 14.3 Å². The number of carbonyl (C=O) groups is 3. The first-order valence-corrected chi connectivity index (χ1v) is 8.61. The van der Waals surface area contributed by atoms with Crippen LogP contribution in [0.3, 0.4) is 0 Å². The van der Waals surface area contributed by atoms with Gasteiger partial charge >= 0.3 is 12.0 Å². The summed E-state index contributed by atoms with van der Waals surface area (Å²) in [5, 5.41) is 5.99. The van der Waals surface area contributed by atoms with Crippen LogP contribution in [0.5, 0.6) is 0 Å². The van der Waals surface area contributed by atoms with Gasteiger partial charge in [0.2, 0.25) is 0 Å². The van der Waals surface area contributed by atoms with Crippen LogP contribution >= 0.6 is 23.2 Å². The van der Waals surface area contributed by atoms with Crippen LogP contribution in [0.25, 0.3) is 0 Å². The molecule has 9 heteroatoms. The van der Waals surface area contributed by atoms with Gasteiger partial charge < -0.3 is 21.1 Å². The molecule has 2 aromatic rings. The summed E-state index contributed by atoms with van der Waals surface area (Å²) in [4.78, 5) is 35.1.